The Morgan fingerprint density at radius 2 is 2.10 bits per heavy atom. The molecule has 0 atom stereocenters. The Hall–Kier alpha value is -1.39. The van der Waals surface area contributed by atoms with Crippen molar-refractivity contribution in [2.75, 3.05) is 6.54 Å². The van der Waals surface area contributed by atoms with Crippen molar-refractivity contribution in [3.05, 3.63) is 45.4 Å². The van der Waals surface area contributed by atoms with E-state index in [1.807, 2.05) is 6.92 Å². The highest BCUT2D eigenvalue weighted by atomic mass is 32.1. The number of benzene rings is 1. The van der Waals surface area contributed by atoms with Gasteiger partial charge in [0.15, 0.2) is 0 Å². The van der Waals surface area contributed by atoms with Crippen LogP contribution in [0.2, 0.25) is 0 Å². The van der Waals surface area contributed by atoms with Gasteiger partial charge >= 0.3 is 0 Å². The molecular formula is C17H24N2OS. The summed E-state index contributed by atoms with van der Waals surface area (Å²) in [5.41, 5.74) is 3.38. The number of ether oxygens (including phenoxy) is 1. The zero-order chi connectivity index (χ0) is 15.2. The molecule has 0 saturated carbocycles. The van der Waals surface area contributed by atoms with Crippen LogP contribution in [0.15, 0.2) is 23.6 Å². The number of hydrogen-bond donors (Lipinski definition) is 1. The second-order valence-electron chi connectivity index (χ2n) is 5.73. The molecule has 0 aliphatic heterocycles. The highest BCUT2D eigenvalue weighted by Gasteiger charge is 2.08. The second-order valence-corrected chi connectivity index (χ2v) is 6.80. The van der Waals surface area contributed by atoms with Gasteiger partial charge in [0.1, 0.15) is 12.4 Å². The van der Waals surface area contributed by atoms with Crippen molar-refractivity contribution in [1.29, 1.82) is 0 Å². The zero-order valence-corrected chi connectivity index (χ0v) is 14.1. The first-order valence-corrected chi connectivity index (χ1v) is 8.27. The van der Waals surface area contributed by atoms with Gasteiger partial charge in [-0.2, -0.15) is 0 Å². The lowest BCUT2D eigenvalue weighted by Gasteiger charge is -2.15. The quantitative estimate of drug-likeness (QED) is 0.837. The Bertz CT molecular complexity index is 578. The van der Waals surface area contributed by atoms with Crippen LogP contribution in [-0.4, -0.2) is 11.5 Å². The van der Waals surface area contributed by atoms with Gasteiger partial charge in [-0.3, -0.25) is 0 Å². The number of aryl methyl sites for hydroxylation is 2. The number of aromatic nitrogens is 1. The van der Waals surface area contributed by atoms with E-state index in [0.717, 1.165) is 29.5 Å². The van der Waals surface area contributed by atoms with Gasteiger partial charge in [-0.1, -0.05) is 32.0 Å². The van der Waals surface area contributed by atoms with Crippen LogP contribution in [0.1, 0.15) is 35.7 Å². The molecule has 1 heterocycles. The van der Waals surface area contributed by atoms with Crippen LogP contribution in [0.5, 0.6) is 5.75 Å². The van der Waals surface area contributed by atoms with Crippen molar-refractivity contribution in [1.82, 2.24) is 10.3 Å². The predicted octanol–water partition coefficient (Wildman–Crippen LogP) is 4.08. The van der Waals surface area contributed by atoms with Crippen LogP contribution in [-0.2, 0) is 13.2 Å². The maximum Gasteiger partial charge on any atom is 0.131 e. The first-order chi connectivity index (χ1) is 10.1. The van der Waals surface area contributed by atoms with Crippen molar-refractivity contribution in [2.24, 2.45) is 5.92 Å². The van der Waals surface area contributed by atoms with Crippen LogP contribution < -0.4 is 10.1 Å². The molecular weight excluding hydrogens is 280 g/mol. The van der Waals surface area contributed by atoms with Gasteiger partial charge in [0, 0.05) is 17.5 Å². The van der Waals surface area contributed by atoms with E-state index < -0.39 is 0 Å². The van der Waals surface area contributed by atoms with E-state index in [2.05, 4.69) is 54.7 Å². The lowest BCUT2D eigenvalue weighted by molar-refractivity contribution is 0.295. The molecule has 1 N–H and O–H groups in total. The Morgan fingerprint density at radius 1 is 1.29 bits per heavy atom. The fourth-order valence-electron chi connectivity index (χ4n) is 2.18. The monoisotopic (exact) mass is 304 g/mol. The van der Waals surface area contributed by atoms with E-state index in [9.17, 15) is 0 Å². The molecule has 4 heteroatoms. The maximum absolute atomic E-state index is 6.03. The molecule has 2 rings (SSSR count). The first-order valence-electron chi connectivity index (χ1n) is 7.39. The van der Waals surface area contributed by atoms with Crippen molar-refractivity contribution < 1.29 is 4.74 Å². The highest BCUT2D eigenvalue weighted by molar-refractivity contribution is 7.09. The summed E-state index contributed by atoms with van der Waals surface area (Å²) in [6.07, 6.45) is 0. The van der Waals surface area contributed by atoms with Crippen LogP contribution in [0.25, 0.3) is 0 Å². The summed E-state index contributed by atoms with van der Waals surface area (Å²) in [5, 5.41) is 6.62. The lowest BCUT2D eigenvalue weighted by atomic mass is 10.1. The van der Waals surface area contributed by atoms with E-state index in [4.69, 9.17) is 4.74 Å². The number of hydrogen-bond acceptors (Lipinski definition) is 4. The summed E-state index contributed by atoms with van der Waals surface area (Å²) in [6.45, 7) is 10.9. The molecule has 0 aliphatic rings. The van der Waals surface area contributed by atoms with Crippen molar-refractivity contribution in [3.8, 4) is 5.75 Å². The van der Waals surface area contributed by atoms with Crippen LogP contribution in [0.4, 0.5) is 0 Å². The summed E-state index contributed by atoms with van der Waals surface area (Å²) in [5.74, 6) is 1.64. The van der Waals surface area contributed by atoms with Crippen molar-refractivity contribution in [2.45, 2.75) is 40.8 Å². The molecule has 0 fully saturated rings. The minimum atomic E-state index is 0.534. The van der Waals surface area contributed by atoms with Gasteiger partial charge in [-0.05, 0) is 31.9 Å². The third-order valence-electron chi connectivity index (χ3n) is 3.19. The van der Waals surface area contributed by atoms with Gasteiger partial charge < -0.3 is 10.1 Å². The molecule has 0 spiro atoms. The molecule has 3 nitrogen and oxygen atoms in total. The molecule has 0 unspecified atom stereocenters. The molecule has 0 saturated heterocycles. The molecule has 21 heavy (non-hydrogen) atoms. The summed E-state index contributed by atoms with van der Waals surface area (Å²) in [4.78, 5) is 4.45. The summed E-state index contributed by atoms with van der Waals surface area (Å²) < 4.78 is 6.03. The molecule has 114 valence electrons. The minimum absolute atomic E-state index is 0.534. The normalized spacial score (nSPS) is 11.1. The second kappa shape index (κ2) is 7.57. The third-order valence-corrected chi connectivity index (χ3v) is 4.01. The summed E-state index contributed by atoms with van der Waals surface area (Å²) >= 11 is 1.66. The smallest absolute Gasteiger partial charge is 0.131 e. The summed E-state index contributed by atoms with van der Waals surface area (Å²) in [6, 6.07) is 6.30. The maximum atomic E-state index is 6.03. The molecule has 0 bridgehead atoms. The third kappa shape index (κ3) is 4.83. The lowest BCUT2D eigenvalue weighted by Crippen LogP contribution is -2.19. The molecule has 0 aliphatic carbocycles. The van der Waals surface area contributed by atoms with E-state index in [0.29, 0.717) is 12.5 Å². The zero-order valence-electron chi connectivity index (χ0n) is 13.3. The van der Waals surface area contributed by atoms with Gasteiger partial charge in [0.2, 0.25) is 0 Å². The minimum Gasteiger partial charge on any atom is -0.487 e. The van der Waals surface area contributed by atoms with Gasteiger partial charge in [0.25, 0.3) is 0 Å². The Balaban J connectivity index is 2.02. The Morgan fingerprint density at radius 3 is 2.76 bits per heavy atom. The molecule has 2 aromatic rings. The molecule has 1 aromatic heterocycles. The van der Waals surface area contributed by atoms with E-state index in [1.165, 1.54) is 11.1 Å². The van der Waals surface area contributed by atoms with Gasteiger partial charge in [-0.25, -0.2) is 4.98 Å². The average molecular weight is 304 g/mol. The van der Waals surface area contributed by atoms with Crippen LogP contribution in [0.3, 0.4) is 0 Å². The van der Waals surface area contributed by atoms with Crippen LogP contribution in [0, 0.1) is 19.8 Å². The van der Waals surface area contributed by atoms with E-state index in [-0.39, 0.29) is 0 Å². The fourth-order valence-corrected chi connectivity index (χ4v) is 2.77. The fraction of sp³-hybridized carbons (Fsp3) is 0.471. The summed E-state index contributed by atoms with van der Waals surface area (Å²) in [7, 11) is 0. The van der Waals surface area contributed by atoms with Crippen molar-refractivity contribution in [3.63, 3.8) is 0 Å². The topological polar surface area (TPSA) is 34.1 Å². The molecule has 0 amide bonds. The standard InChI is InChI=1S/C17H24N2OS/c1-12(2)8-18-9-15-7-5-6-13(3)17(15)20-10-16-11-21-14(4)19-16/h5-7,11-12,18H,8-10H2,1-4H3. The van der Waals surface area contributed by atoms with Gasteiger partial charge in [0.05, 0.1) is 10.7 Å². The Kier molecular flexibility index (Phi) is 5.76. The van der Waals surface area contributed by atoms with Crippen molar-refractivity contribution >= 4 is 11.3 Å². The molecule has 1 aromatic carbocycles. The van der Waals surface area contributed by atoms with Crippen LogP contribution >= 0.6 is 11.3 Å². The number of para-hydroxylation sites is 1. The SMILES string of the molecule is Cc1nc(COc2c(C)cccc2CNCC(C)C)cs1. The van der Waals surface area contributed by atoms with E-state index >= 15 is 0 Å². The Labute approximate surface area is 131 Å². The number of thiazole rings is 1. The molecule has 0 radical (unpaired) electrons. The van der Waals surface area contributed by atoms with E-state index in [1.54, 1.807) is 11.3 Å². The largest absolute Gasteiger partial charge is 0.487 e. The first kappa shape index (κ1) is 16.0. The average Bonchev–Trinajstić information content (AvgIpc) is 2.83. The predicted molar refractivity (Wildman–Crippen MR) is 88.9 cm³/mol. The number of rotatable bonds is 7. The number of nitrogens with zero attached hydrogens (tertiary/aromatic N) is 1. The highest BCUT2D eigenvalue weighted by Crippen LogP contribution is 2.24. The van der Waals surface area contributed by atoms with Gasteiger partial charge in [-0.15, -0.1) is 11.3 Å². The number of nitrogens with one attached hydrogen (secondary N) is 1.